The highest BCUT2D eigenvalue weighted by molar-refractivity contribution is 6.35. The van der Waals surface area contributed by atoms with Crippen molar-refractivity contribution in [3.8, 4) is 11.4 Å². The molecule has 0 saturated heterocycles. The summed E-state index contributed by atoms with van der Waals surface area (Å²) in [5.74, 6) is 0.0571. The van der Waals surface area contributed by atoms with Crippen molar-refractivity contribution < 1.29 is 14.1 Å². The van der Waals surface area contributed by atoms with Crippen LogP contribution < -0.4 is 0 Å². The van der Waals surface area contributed by atoms with Gasteiger partial charge >= 0.3 is 5.97 Å². The highest BCUT2D eigenvalue weighted by Gasteiger charge is 2.13. The number of esters is 1. The minimum atomic E-state index is -0.575. The zero-order valence-corrected chi connectivity index (χ0v) is 13.2. The summed E-state index contributed by atoms with van der Waals surface area (Å²) in [6.07, 6.45) is 0. The molecule has 0 unspecified atom stereocenters. The molecule has 0 aliphatic rings. The molecule has 1 heterocycles. The average molecular weight is 349 g/mol. The molecule has 23 heavy (non-hydrogen) atoms. The van der Waals surface area contributed by atoms with Crippen molar-refractivity contribution in [3.05, 3.63) is 70.0 Å². The predicted octanol–water partition coefficient (Wildman–Crippen LogP) is 4.40. The number of hydrogen-bond donors (Lipinski definition) is 0. The summed E-state index contributed by atoms with van der Waals surface area (Å²) < 4.78 is 10.2. The first kappa shape index (κ1) is 15.5. The van der Waals surface area contributed by atoms with Gasteiger partial charge in [0.05, 0.1) is 5.56 Å². The number of rotatable bonds is 4. The zero-order valence-electron chi connectivity index (χ0n) is 11.7. The van der Waals surface area contributed by atoms with E-state index in [0.717, 1.165) is 5.56 Å². The third kappa shape index (κ3) is 3.88. The van der Waals surface area contributed by atoms with Gasteiger partial charge in [0.15, 0.2) is 6.61 Å². The Labute approximate surface area is 141 Å². The SMILES string of the molecule is O=C(OCc1nc(-c2ccccc2)no1)c1cc(Cl)cc(Cl)c1. The van der Waals surface area contributed by atoms with Crippen LogP contribution in [0.4, 0.5) is 0 Å². The maximum Gasteiger partial charge on any atom is 0.338 e. The van der Waals surface area contributed by atoms with E-state index >= 15 is 0 Å². The summed E-state index contributed by atoms with van der Waals surface area (Å²) in [6, 6.07) is 13.8. The van der Waals surface area contributed by atoms with Gasteiger partial charge in [-0.05, 0) is 18.2 Å². The molecular weight excluding hydrogens is 339 g/mol. The van der Waals surface area contributed by atoms with E-state index in [9.17, 15) is 4.79 Å². The summed E-state index contributed by atoms with van der Waals surface area (Å²) in [4.78, 5) is 16.1. The Hall–Kier alpha value is -2.37. The fraction of sp³-hybridized carbons (Fsp3) is 0.0625. The lowest BCUT2D eigenvalue weighted by molar-refractivity contribution is 0.0430. The molecule has 2 aromatic carbocycles. The second-order valence-electron chi connectivity index (χ2n) is 4.61. The van der Waals surface area contributed by atoms with Crippen LogP contribution >= 0.6 is 23.2 Å². The Bertz CT molecular complexity index is 814. The smallest absolute Gasteiger partial charge is 0.338 e. The Kier molecular flexibility index (Phi) is 4.60. The number of hydrogen-bond acceptors (Lipinski definition) is 5. The maximum absolute atomic E-state index is 12.0. The monoisotopic (exact) mass is 348 g/mol. The minimum absolute atomic E-state index is 0.136. The summed E-state index contributed by atoms with van der Waals surface area (Å²) in [6.45, 7) is -0.136. The maximum atomic E-state index is 12.0. The molecular formula is C16H10Cl2N2O3. The number of nitrogens with zero attached hydrogens (tertiary/aromatic N) is 2. The molecule has 5 nitrogen and oxygen atoms in total. The van der Waals surface area contributed by atoms with Crippen molar-refractivity contribution in [1.29, 1.82) is 0 Å². The van der Waals surface area contributed by atoms with Gasteiger partial charge in [0.25, 0.3) is 5.89 Å². The lowest BCUT2D eigenvalue weighted by atomic mass is 10.2. The van der Waals surface area contributed by atoms with Crippen LogP contribution in [-0.2, 0) is 11.3 Å². The van der Waals surface area contributed by atoms with Crippen molar-refractivity contribution in [2.75, 3.05) is 0 Å². The molecule has 0 spiro atoms. The van der Waals surface area contributed by atoms with E-state index in [4.69, 9.17) is 32.5 Å². The lowest BCUT2D eigenvalue weighted by Gasteiger charge is -2.03. The van der Waals surface area contributed by atoms with Crippen molar-refractivity contribution in [3.63, 3.8) is 0 Å². The van der Waals surface area contributed by atoms with Crippen LogP contribution in [0.25, 0.3) is 11.4 Å². The molecule has 116 valence electrons. The molecule has 3 aromatic rings. The minimum Gasteiger partial charge on any atom is -0.452 e. The van der Waals surface area contributed by atoms with Crippen LogP contribution in [0.1, 0.15) is 16.2 Å². The normalized spacial score (nSPS) is 10.5. The van der Waals surface area contributed by atoms with Gasteiger partial charge in [0.1, 0.15) is 0 Å². The third-order valence-electron chi connectivity index (χ3n) is 2.93. The molecule has 0 aliphatic carbocycles. The highest BCUT2D eigenvalue weighted by Crippen LogP contribution is 2.20. The number of benzene rings is 2. The molecule has 3 rings (SSSR count). The first-order chi connectivity index (χ1) is 11.1. The van der Waals surface area contributed by atoms with Gasteiger partial charge in [-0.2, -0.15) is 4.98 Å². The summed E-state index contributed by atoms with van der Waals surface area (Å²) in [5, 5.41) is 4.56. The van der Waals surface area contributed by atoms with Crippen molar-refractivity contribution in [2.24, 2.45) is 0 Å². The van der Waals surface area contributed by atoms with Crippen LogP contribution in [-0.4, -0.2) is 16.1 Å². The van der Waals surface area contributed by atoms with Crippen LogP contribution in [0.3, 0.4) is 0 Å². The molecule has 0 atom stereocenters. The number of ether oxygens (including phenoxy) is 1. The summed E-state index contributed by atoms with van der Waals surface area (Å²) in [5.41, 5.74) is 1.07. The van der Waals surface area contributed by atoms with Gasteiger partial charge in [-0.3, -0.25) is 0 Å². The van der Waals surface area contributed by atoms with Crippen LogP contribution in [0.15, 0.2) is 53.1 Å². The Balaban J connectivity index is 1.67. The van der Waals surface area contributed by atoms with E-state index in [-0.39, 0.29) is 18.1 Å². The fourth-order valence-electron chi connectivity index (χ4n) is 1.90. The molecule has 0 fully saturated rings. The van der Waals surface area contributed by atoms with E-state index in [1.807, 2.05) is 30.3 Å². The van der Waals surface area contributed by atoms with Crippen molar-refractivity contribution in [2.45, 2.75) is 6.61 Å². The fourth-order valence-corrected chi connectivity index (χ4v) is 2.43. The standard InChI is InChI=1S/C16H10Cl2N2O3/c17-12-6-11(7-13(18)8-12)16(21)22-9-14-19-15(20-23-14)10-4-2-1-3-5-10/h1-8H,9H2. The van der Waals surface area contributed by atoms with E-state index in [2.05, 4.69) is 10.1 Å². The second-order valence-corrected chi connectivity index (χ2v) is 5.48. The second kappa shape index (κ2) is 6.81. The van der Waals surface area contributed by atoms with Gasteiger partial charge in [-0.1, -0.05) is 58.7 Å². The zero-order chi connectivity index (χ0) is 16.2. The third-order valence-corrected chi connectivity index (χ3v) is 3.36. The highest BCUT2D eigenvalue weighted by atomic mass is 35.5. The summed E-state index contributed by atoms with van der Waals surface area (Å²) in [7, 11) is 0. The Morgan fingerprint density at radius 3 is 2.48 bits per heavy atom. The molecule has 0 bridgehead atoms. The number of carbonyl (C=O) groups is 1. The van der Waals surface area contributed by atoms with Crippen LogP contribution in [0.2, 0.25) is 10.0 Å². The molecule has 7 heteroatoms. The Morgan fingerprint density at radius 1 is 1.09 bits per heavy atom. The van der Waals surface area contributed by atoms with Gasteiger partial charge < -0.3 is 9.26 Å². The molecule has 1 aromatic heterocycles. The number of aromatic nitrogens is 2. The van der Waals surface area contributed by atoms with Crippen molar-refractivity contribution in [1.82, 2.24) is 10.1 Å². The van der Waals surface area contributed by atoms with Crippen molar-refractivity contribution >= 4 is 29.2 Å². The van der Waals surface area contributed by atoms with E-state index < -0.39 is 5.97 Å². The number of carbonyl (C=O) groups excluding carboxylic acids is 1. The topological polar surface area (TPSA) is 65.2 Å². The van der Waals surface area contributed by atoms with Gasteiger partial charge in [-0.25, -0.2) is 4.79 Å². The quantitative estimate of drug-likeness (QED) is 0.653. The van der Waals surface area contributed by atoms with Gasteiger partial charge in [0, 0.05) is 15.6 Å². The van der Waals surface area contributed by atoms with E-state index in [1.54, 1.807) is 0 Å². The van der Waals surface area contributed by atoms with E-state index in [0.29, 0.717) is 15.9 Å². The largest absolute Gasteiger partial charge is 0.452 e. The molecule has 0 radical (unpaired) electrons. The van der Waals surface area contributed by atoms with Gasteiger partial charge in [0.2, 0.25) is 5.82 Å². The first-order valence-electron chi connectivity index (χ1n) is 6.63. The molecule has 0 aliphatic heterocycles. The lowest BCUT2D eigenvalue weighted by Crippen LogP contribution is -2.05. The molecule has 0 amide bonds. The number of halogens is 2. The van der Waals surface area contributed by atoms with Gasteiger partial charge in [-0.15, -0.1) is 0 Å². The van der Waals surface area contributed by atoms with Crippen LogP contribution in [0.5, 0.6) is 0 Å². The van der Waals surface area contributed by atoms with E-state index in [1.165, 1.54) is 18.2 Å². The first-order valence-corrected chi connectivity index (χ1v) is 7.38. The Morgan fingerprint density at radius 2 is 1.78 bits per heavy atom. The molecule has 0 N–H and O–H groups in total. The average Bonchev–Trinajstić information content (AvgIpc) is 3.01. The predicted molar refractivity (Wildman–Crippen MR) is 85.3 cm³/mol. The van der Waals surface area contributed by atoms with Crippen LogP contribution in [0, 0.1) is 0 Å². The summed E-state index contributed by atoms with van der Waals surface area (Å²) >= 11 is 11.7. The molecule has 0 saturated carbocycles.